The molecule has 1 aliphatic rings. The number of amides is 1. The number of carbonyl (C=O) groups is 1. The van der Waals surface area contributed by atoms with Crippen molar-refractivity contribution in [3.8, 4) is 40.6 Å². The standard InChI is InChI=1S/C28H26N2O7/c1-32-22-5-3-4-6-23(22)34-11-12-35-24-9-7-19(14-26(24)33-2)13-21(16-29)28(31)30-17-20-8-10-25-27(15-20)37-18-36-25/h3-10,13-15H,11-12,17-18H2,1-2H3,(H,30,31)/b21-13+. The number of hydrogen-bond donors (Lipinski definition) is 1. The molecule has 0 atom stereocenters. The zero-order chi connectivity index (χ0) is 26.0. The van der Waals surface area contributed by atoms with Gasteiger partial charge in [-0.1, -0.05) is 24.3 Å². The Morgan fingerprint density at radius 1 is 0.919 bits per heavy atom. The van der Waals surface area contributed by atoms with Gasteiger partial charge in [0, 0.05) is 6.54 Å². The predicted octanol–water partition coefficient (Wildman–Crippen LogP) is 4.11. The Morgan fingerprint density at radius 2 is 1.62 bits per heavy atom. The van der Waals surface area contributed by atoms with Gasteiger partial charge in [-0.15, -0.1) is 0 Å². The second-order valence-corrected chi connectivity index (χ2v) is 7.80. The van der Waals surface area contributed by atoms with E-state index in [1.54, 1.807) is 37.4 Å². The number of rotatable bonds is 11. The normalized spacial score (nSPS) is 11.9. The van der Waals surface area contributed by atoms with Gasteiger partial charge >= 0.3 is 0 Å². The molecule has 0 saturated carbocycles. The van der Waals surface area contributed by atoms with Crippen LogP contribution in [0.4, 0.5) is 0 Å². The molecule has 0 saturated heterocycles. The first kappa shape index (κ1) is 25.3. The van der Waals surface area contributed by atoms with Gasteiger partial charge in [-0.2, -0.15) is 5.26 Å². The average molecular weight is 503 g/mol. The molecule has 1 N–H and O–H groups in total. The molecule has 0 unspecified atom stereocenters. The molecule has 37 heavy (non-hydrogen) atoms. The van der Waals surface area contributed by atoms with Crippen molar-refractivity contribution in [2.45, 2.75) is 6.54 Å². The molecule has 0 aromatic heterocycles. The molecule has 0 fully saturated rings. The maximum absolute atomic E-state index is 12.6. The number of hydrogen-bond acceptors (Lipinski definition) is 8. The van der Waals surface area contributed by atoms with E-state index in [-0.39, 0.29) is 25.5 Å². The lowest BCUT2D eigenvalue weighted by atomic mass is 10.1. The maximum Gasteiger partial charge on any atom is 0.262 e. The van der Waals surface area contributed by atoms with Crippen LogP contribution in [-0.2, 0) is 11.3 Å². The van der Waals surface area contributed by atoms with E-state index in [9.17, 15) is 10.1 Å². The van der Waals surface area contributed by atoms with E-state index in [2.05, 4.69) is 5.32 Å². The first-order valence-corrected chi connectivity index (χ1v) is 11.5. The van der Waals surface area contributed by atoms with Crippen LogP contribution in [-0.4, -0.2) is 40.1 Å². The Balaban J connectivity index is 1.34. The van der Waals surface area contributed by atoms with Crippen molar-refractivity contribution >= 4 is 12.0 Å². The molecule has 0 radical (unpaired) electrons. The summed E-state index contributed by atoms with van der Waals surface area (Å²) >= 11 is 0. The number of ether oxygens (including phenoxy) is 6. The lowest BCUT2D eigenvalue weighted by Gasteiger charge is -2.13. The van der Waals surface area contributed by atoms with Gasteiger partial charge in [-0.05, 0) is 53.6 Å². The van der Waals surface area contributed by atoms with Crippen LogP contribution in [0.1, 0.15) is 11.1 Å². The number of benzene rings is 3. The topological polar surface area (TPSA) is 108 Å². The van der Waals surface area contributed by atoms with Crippen LogP contribution in [0.25, 0.3) is 6.08 Å². The van der Waals surface area contributed by atoms with Crippen LogP contribution in [0, 0.1) is 11.3 Å². The van der Waals surface area contributed by atoms with Crippen molar-refractivity contribution in [2.24, 2.45) is 0 Å². The molecule has 1 aliphatic heterocycles. The highest BCUT2D eigenvalue weighted by Crippen LogP contribution is 2.32. The predicted molar refractivity (Wildman–Crippen MR) is 135 cm³/mol. The third-order valence-electron chi connectivity index (χ3n) is 5.42. The largest absolute Gasteiger partial charge is 0.493 e. The fraction of sp³-hybridized carbons (Fsp3) is 0.214. The number of para-hydroxylation sites is 2. The molecule has 3 aromatic rings. The summed E-state index contributed by atoms with van der Waals surface area (Å²) in [5.74, 6) is 3.04. The van der Waals surface area contributed by atoms with Crippen molar-refractivity contribution in [3.05, 3.63) is 77.4 Å². The maximum atomic E-state index is 12.6. The Bertz CT molecular complexity index is 1330. The molecule has 190 valence electrons. The molecule has 0 spiro atoms. The van der Waals surface area contributed by atoms with E-state index < -0.39 is 5.91 Å². The van der Waals surface area contributed by atoms with E-state index in [1.165, 1.54) is 13.2 Å². The zero-order valence-corrected chi connectivity index (χ0v) is 20.5. The summed E-state index contributed by atoms with van der Waals surface area (Å²) in [4.78, 5) is 12.6. The molecule has 1 heterocycles. The van der Waals surface area contributed by atoms with Crippen LogP contribution in [0.5, 0.6) is 34.5 Å². The summed E-state index contributed by atoms with van der Waals surface area (Å²) < 4.78 is 32.9. The van der Waals surface area contributed by atoms with Gasteiger partial charge < -0.3 is 33.7 Å². The van der Waals surface area contributed by atoms with E-state index in [4.69, 9.17) is 28.4 Å². The van der Waals surface area contributed by atoms with Gasteiger partial charge in [-0.25, -0.2) is 0 Å². The minimum atomic E-state index is -0.493. The van der Waals surface area contributed by atoms with Crippen LogP contribution in [0.15, 0.2) is 66.2 Å². The van der Waals surface area contributed by atoms with Gasteiger partial charge in [0.15, 0.2) is 34.5 Å². The smallest absolute Gasteiger partial charge is 0.262 e. The van der Waals surface area contributed by atoms with Crippen molar-refractivity contribution < 1.29 is 33.2 Å². The Hall–Kier alpha value is -4.84. The Kier molecular flexibility index (Phi) is 8.34. The minimum Gasteiger partial charge on any atom is -0.493 e. The number of fused-ring (bicyclic) bond motifs is 1. The Morgan fingerprint density at radius 3 is 2.35 bits per heavy atom. The summed E-state index contributed by atoms with van der Waals surface area (Å²) in [7, 11) is 3.10. The first-order chi connectivity index (χ1) is 18.1. The summed E-state index contributed by atoms with van der Waals surface area (Å²) in [5.41, 5.74) is 1.40. The molecule has 9 heteroatoms. The average Bonchev–Trinajstić information content (AvgIpc) is 3.41. The lowest BCUT2D eigenvalue weighted by Crippen LogP contribution is -2.23. The molecule has 3 aromatic carbocycles. The fourth-order valence-electron chi connectivity index (χ4n) is 3.58. The summed E-state index contributed by atoms with van der Waals surface area (Å²) in [6.07, 6.45) is 1.49. The third kappa shape index (κ3) is 6.44. The van der Waals surface area contributed by atoms with Gasteiger partial charge in [0.05, 0.1) is 14.2 Å². The van der Waals surface area contributed by atoms with Crippen molar-refractivity contribution in [3.63, 3.8) is 0 Å². The number of methoxy groups -OCH3 is 2. The van der Waals surface area contributed by atoms with Gasteiger partial charge in [-0.3, -0.25) is 4.79 Å². The van der Waals surface area contributed by atoms with Gasteiger partial charge in [0.25, 0.3) is 5.91 Å². The minimum absolute atomic E-state index is 0.0401. The van der Waals surface area contributed by atoms with E-state index in [0.29, 0.717) is 46.7 Å². The summed E-state index contributed by atoms with van der Waals surface area (Å²) in [6.45, 7) is 0.987. The highest BCUT2D eigenvalue weighted by atomic mass is 16.7. The second kappa shape index (κ2) is 12.2. The lowest BCUT2D eigenvalue weighted by molar-refractivity contribution is -0.117. The highest BCUT2D eigenvalue weighted by Gasteiger charge is 2.15. The summed E-state index contributed by atoms with van der Waals surface area (Å²) in [6, 6.07) is 19.9. The van der Waals surface area contributed by atoms with Gasteiger partial charge in [0.1, 0.15) is 24.9 Å². The third-order valence-corrected chi connectivity index (χ3v) is 5.42. The molecule has 4 rings (SSSR count). The van der Waals surface area contributed by atoms with Crippen LogP contribution in [0.2, 0.25) is 0 Å². The van der Waals surface area contributed by atoms with Gasteiger partial charge in [0.2, 0.25) is 6.79 Å². The zero-order valence-electron chi connectivity index (χ0n) is 20.5. The SMILES string of the molecule is COc1ccccc1OCCOc1ccc(/C=C(\C#N)C(=O)NCc2ccc3c(c2)OCO3)cc1OC. The van der Waals surface area contributed by atoms with E-state index in [0.717, 1.165) is 5.56 Å². The number of nitrogens with one attached hydrogen (secondary N) is 1. The highest BCUT2D eigenvalue weighted by molar-refractivity contribution is 6.01. The van der Waals surface area contributed by atoms with Crippen molar-refractivity contribution in [1.29, 1.82) is 5.26 Å². The fourth-order valence-corrected chi connectivity index (χ4v) is 3.58. The molecule has 0 bridgehead atoms. The van der Waals surface area contributed by atoms with E-state index in [1.807, 2.05) is 36.4 Å². The first-order valence-electron chi connectivity index (χ1n) is 11.5. The molecule has 0 aliphatic carbocycles. The molecule has 1 amide bonds. The van der Waals surface area contributed by atoms with Crippen LogP contribution in [0.3, 0.4) is 0 Å². The molecular weight excluding hydrogens is 476 g/mol. The Labute approximate surface area is 214 Å². The number of nitrogens with zero attached hydrogens (tertiary/aromatic N) is 1. The number of carbonyl (C=O) groups excluding carboxylic acids is 1. The number of nitriles is 1. The quantitative estimate of drug-likeness (QED) is 0.237. The van der Waals surface area contributed by atoms with Crippen molar-refractivity contribution in [2.75, 3.05) is 34.2 Å². The van der Waals surface area contributed by atoms with Crippen LogP contribution < -0.4 is 33.7 Å². The molecule has 9 nitrogen and oxygen atoms in total. The van der Waals surface area contributed by atoms with E-state index >= 15 is 0 Å². The van der Waals surface area contributed by atoms with Crippen molar-refractivity contribution in [1.82, 2.24) is 5.32 Å². The second-order valence-electron chi connectivity index (χ2n) is 7.80. The van der Waals surface area contributed by atoms with Crippen LogP contribution >= 0.6 is 0 Å². The monoisotopic (exact) mass is 502 g/mol. The molecular formula is C28H26N2O7. The summed E-state index contributed by atoms with van der Waals surface area (Å²) in [5, 5.41) is 12.3.